The van der Waals surface area contributed by atoms with Gasteiger partial charge in [-0.05, 0) is 36.8 Å². The van der Waals surface area contributed by atoms with E-state index in [9.17, 15) is 18.8 Å². The summed E-state index contributed by atoms with van der Waals surface area (Å²) in [7, 11) is 1.46. The van der Waals surface area contributed by atoms with Crippen molar-refractivity contribution in [3.8, 4) is 5.75 Å². The van der Waals surface area contributed by atoms with Crippen molar-refractivity contribution in [1.29, 1.82) is 0 Å². The SMILES string of the molecule is CCOC(=O)CC1C(=O)N(Cc2ccc(Br)cc2F)C(=O)c2cc(OC)ccc21. The molecule has 0 aromatic heterocycles. The first kappa shape index (κ1) is 21.0. The van der Waals surface area contributed by atoms with Crippen molar-refractivity contribution in [3.63, 3.8) is 0 Å². The highest BCUT2D eigenvalue weighted by molar-refractivity contribution is 9.10. The summed E-state index contributed by atoms with van der Waals surface area (Å²) in [4.78, 5) is 39.2. The number of ether oxygens (including phenoxy) is 2. The number of methoxy groups -OCH3 is 1. The Kier molecular flexibility index (Phi) is 6.32. The van der Waals surface area contributed by atoms with Gasteiger partial charge in [0.25, 0.3) is 5.91 Å². The monoisotopic (exact) mass is 463 g/mol. The van der Waals surface area contributed by atoms with Crippen molar-refractivity contribution in [2.24, 2.45) is 0 Å². The Morgan fingerprint density at radius 2 is 1.97 bits per heavy atom. The third kappa shape index (κ3) is 4.32. The number of rotatable bonds is 6. The average Bonchev–Trinajstić information content (AvgIpc) is 2.69. The predicted molar refractivity (Wildman–Crippen MR) is 106 cm³/mol. The number of hydrogen-bond acceptors (Lipinski definition) is 5. The number of benzene rings is 2. The quantitative estimate of drug-likeness (QED) is 0.480. The topological polar surface area (TPSA) is 72.9 Å². The molecule has 8 heteroatoms. The Labute approximate surface area is 175 Å². The second-order valence-corrected chi connectivity index (χ2v) is 7.40. The predicted octanol–water partition coefficient (Wildman–Crippen LogP) is 3.82. The normalized spacial score (nSPS) is 15.9. The lowest BCUT2D eigenvalue weighted by Gasteiger charge is -2.32. The van der Waals surface area contributed by atoms with Gasteiger partial charge in [-0.1, -0.05) is 28.1 Å². The average molecular weight is 464 g/mol. The smallest absolute Gasteiger partial charge is 0.306 e. The Balaban J connectivity index is 2.02. The lowest BCUT2D eigenvalue weighted by molar-refractivity contribution is -0.146. The van der Waals surface area contributed by atoms with E-state index in [2.05, 4.69) is 15.9 Å². The summed E-state index contributed by atoms with van der Waals surface area (Å²) in [5, 5.41) is 0. The third-order valence-electron chi connectivity index (χ3n) is 4.70. The van der Waals surface area contributed by atoms with E-state index in [0.29, 0.717) is 15.8 Å². The molecule has 0 N–H and O–H groups in total. The first-order valence-electron chi connectivity index (χ1n) is 8.98. The van der Waals surface area contributed by atoms with E-state index in [-0.39, 0.29) is 30.7 Å². The van der Waals surface area contributed by atoms with Gasteiger partial charge < -0.3 is 9.47 Å². The highest BCUT2D eigenvalue weighted by atomic mass is 79.9. The van der Waals surface area contributed by atoms with E-state index in [4.69, 9.17) is 9.47 Å². The summed E-state index contributed by atoms with van der Waals surface area (Å²) in [6.07, 6.45) is -0.210. The Morgan fingerprint density at radius 3 is 2.62 bits per heavy atom. The number of carbonyl (C=O) groups is 3. The molecule has 1 aliphatic heterocycles. The van der Waals surface area contributed by atoms with E-state index in [0.717, 1.165) is 4.90 Å². The maximum Gasteiger partial charge on any atom is 0.306 e. The standard InChI is InChI=1S/C21H19BrFNO5/c1-3-29-19(25)10-17-15-7-6-14(28-2)9-16(15)20(26)24(21(17)27)11-12-4-5-13(22)8-18(12)23/h4-9,17H,3,10-11H2,1-2H3. The number of carbonyl (C=O) groups excluding carboxylic acids is 3. The molecule has 0 fully saturated rings. The van der Waals surface area contributed by atoms with Gasteiger partial charge in [0.1, 0.15) is 11.6 Å². The summed E-state index contributed by atoms with van der Waals surface area (Å²) < 4.78 is 25.0. The molecule has 0 bridgehead atoms. The molecular formula is C21H19BrFNO5. The van der Waals surface area contributed by atoms with Crippen molar-refractivity contribution in [2.75, 3.05) is 13.7 Å². The van der Waals surface area contributed by atoms with E-state index < -0.39 is 29.5 Å². The molecule has 1 aliphatic rings. The van der Waals surface area contributed by atoms with E-state index in [1.165, 1.54) is 25.3 Å². The van der Waals surface area contributed by atoms with Crippen LogP contribution in [0.1, 0.15) is 40.7 Å². The molecule has 1 unspecified atom stereocenters. The molecular weight excluding hydrogens is 445 g/mol. The van der Waals surface area contributed by atoms with Gasteiger partial charge in [-0.15, -0.1) is 0 Å². The molecule has 0 saturated carbocycles. The number of amides is 2. The number of esters is 1. The Morgan fingerprint density at radius 1 is 1.21 bits per heavy atom. The van der Waals surface area contributed by atoms with Crippen LogP contribution in [0.15, 0.2) is 40.9 Å². The maximum atomic E-state index is 14.3. The van der Waals surface area contributed by atoms with Crippen LogP contribution in [0.3, 0.4) is 0 Å². The molecule has 1 atom stereocenters. The molecule has 2 aromatic rings. The van der Waals surface area contributed by atoms with Gasteiger partial charge in [-0.3, -0.25) is 19.3 Å². The van der Waals surface area contributed by atoms with Crippen LogP contribution < -0.4 is 4.74 Å². The van der Waals surface area contributed by atoms with Crippen LogP contribution in [0, 0.1) is 5.82 Å². The van der Waals surface area contributed by atoms with E-state index in [1.54, 1.807) is 25.1 Å². The Hall–Kier alpha value is -2.74. The number of halogens is 2. The zero-order valence-corrected chi connectivity index (χ0v) is 17.5. The van der Waals surface area contributed by atoms with Gasteiger partial charge in [0.05, 0.1) is 32.6 Å². The summed E-state index contributed by atoms with van der Waals surface area (Å²) >= 11 is 3.18. The minimum atomic E-state index is -0.897. The zero-order valence-electron chi connectivity index (χ0n) is 15.9. The molecule has 0 saturated heterocycles. The lowest BCUT2D eigenvalue weighted by Crippen LogP contribution is -2.45. The molecule has 0 aliphatic carbocycles. The Bertz CT molecular complexity index is 978. The fourth-order valence-electron chi connectivity index (χ4n) is 3.27. The molecule has 1 heterocycles. The van der Waals surface area contributed by atoms with Crippen molar-refractivity contribution in [1.82, 2.24) is 4.90 Å². The number of fused-ring (bicyclic) bond motifs is 1. The molecule has 2 aromatic carbocycles. The van der Waals surface area contributed by atoms with Gasteiger partial charge >= 0.3 is 5.97 Å². The second-order valence-electron chi connectivity index (χ2n) is 6.48. The van der Waals surface area contributed by atoms with Crippen LogP contribution in [-0.4, -0.2) is 36.4 Å². The summed E-state index contributed by atoms with van der Waals surface area (Å²) in [6.45, 7) is 1.61. The van der Waals surface area contributed by atoms with Gasteiger partial charge in [-0.2, -0.15) is 0 Å². The van der Waals surface area contributed by atoms with Crippen LogP contribution >= 0.6 is 15.9 Å². The summed E-state index contributed by atoms with van der Waals surface area (Å²) in [5.41, 5.74) is 0.869. The van der Waals surface area contributed by atoms with Crippen LogP contribution in [0.5, 0.6) is 5.75 Å². The van der Waals surface area contributed by atoms with E-state index >= 15 is 0 Å². The second kappa shape index (κ2) is 8.73. The molecule has 3 rings (SSSR count). The first-order chi connectivity index (χ1) is 13.8. The van der Waals surface area contributed by atoms with Gasteiger partial charge in [-0.25, -0.2) is 4.39 Å². The highest BCUT2D eigenvalue weighted by Crippen LogP contribution is 2.35. The zero-order chi connectivity index (χ0) is 21.1. The fourth-order valence-corrected chi connectivity index (χ4v) is 3.61. The molecule has 0 spiro atoms. The first-order valence-corrected chi connectivity index (χ1v) is 9.78. The van der Waals surface area contributed by atoms with Crippen LogP contribution in [0.2, 0.25) is 0 Å². The maximum absolute atomic E-state index is 14.3. The minimum absolute atomic E-state index is 0.183. The molecule has 152 valence electrons. The van der Waals surface area contributed by atoms with Gasteiger partial charge in [0.15, 0.2) is 0 Å². The van der Waals surface area contributed by atoms with Gasteiger partial charge in [0.2, 0.25) is 5.91 Å². The van der Waals surface area contributed by atoms with Crippen LogP contribution in [-0.2, 0) is 20.9 Å². The summed E-state index contributed by atoms with van der Waals surface area (Å²) in [6, 6.07) is 9.15. The van der Waals surface area contributed by atoms with Crippen molar-refractivity contribution in [3.05, 3.63) is 63.4 Å². The molecule has 6 nitrogen and oxygen atoms in total. The van der Waals surface area contributed by atoms with Crippen molar-refractivity contribution >= 4 is 33.7 Å². The number of imide groups is 1. The minimum Gasteiger partial charge on any atom is -0.497 e. The molecule has 29 heavy (non-hydrogen) atoms. The summed E-state index contributed by atoms with van der Waals surface area (Å²) in [5.74, 6) is -2.67. The molecule has 0 radical (unpaired) electrons. The largest absolute Gasteiger partial charge is 0.497 e. The van der Waals surface area contributed by atoms with Crippen molar-refractivity contribution in [2.45, 2.75) is 25.8 Å². The number of nitrogens with zero attached hydrogens (tertiary/aromatic N) is 1. The van der Waals surface area contributed by atoms with Gasteiger partial charge in [0, 0.05) is 15.6 Å². The van der Waals surface area contributed by atoms with Crippen molar-refractivity contribution < 1.29 is 28.2 Å². The van der Waals surface area contributed by atoms with Crippen LogP contribution in [0.4, 0.5) is 4.39 Å². The fraction of sp³-hybridized carbons (Fsp3) is 0.286. The molecule has 2 amide bonds. The highest BCUT2D eigenvalue weighted by Gasteiger charge is 2.40. The number of hydrogen-bond donors (Lipinski definition) is 0. The van der Waals surface area contributed by atoms with Crippen LogP contribution in [0.25, 0.3) is 0 Å². The lowest BCUT2D eigenvalue weighted by atomic mass is 9.86. The van der Waals surface area contributed by atoms with E-state index in [1.807, 2.05) is 0 Å². The third-order valence-corrected chi connectivity index (χ3v) is 5.19.